The highest BCUT2D eigenvalue weighted by Gasteiger charge is 2.44. The van der Waals surface area contributed by atoms with E-state index in [1.807, 2.05) is 12.1 Å². The highest BCUT2D eigenvalue weighted by atomic mass is 16.3. The molecule has 20 heavy (non-hydrogen) atoms. The van der Waals surface area contributed by atoms with E-state index in [0.29, 0.717) is 12.0 Å². The molecule has 0 amide bonds. The number of aliphatic hydroxyl groups is 1. The molecule has 2 aliphatic rings. The molecule has 3 unspecified atom stereocenters. The molecule has 3 rings (SSSR count). The summed E-state index contributed by atoms with van der Waals surface area (Å²) in [4.78, 5) is 0. The van der Waals surface area contributed by atoms with Gasteiger partial charge in [0.05, 0.1) is 0 Å². The fourth-order valence-corrected chi connectivity index (χ4v) is 3.66. The molecule has 0 bridgehead atoms. The molecule has 106 valence electrons. The maximum atomic E-state index is 11.0. The lowest BCUT2D eigenvalue weighted by Gasteiger charge is -2.45. The first kappa shape index (κ1) is 13.7. The van der Waals surface area contributed by atoms with Crippen LogP contribution in [-0.2, 0) is 0 Å². The number of fused-ring (bicyclic) bond motifs is 1. The zero-order valence-corrected chi connectivity index (χ0v) is 12.2. The molecule has 0 aromatic heterocycles. The van der Waals surface area contributed by atoms with Crippen LogP contribution in [0.25, 0.3) is 0 Å². The van der Waals surface area contributed by atoms with Crippen LogP contribution < -0.4 is 5.32 Å². The molecule has 0 radical (unpaired) electrons. The van der Waals surface area contributed by atoms with Crippen LogP contribution in [0.1, 0.15) is 43.2 Å². The highest BCUT2D eigenvalue weighted by Crippen LogP contribution is 2.38. The van der Waals surface area contributed by atoms with E-state index in [4.69, 9.17) is 0 Å². The maximum Gasteiger partial charge on any atom is 0.130 e. The van der Waals surface area contributed by atoms with Gasteiger partial charge in [0.1, 0.15) is 5.60 Å². The van der Waals surface area contributed by atoms with Crippen molar-refractivity contribution >= 4 is 0 Å². The molecule has 2 nitrogen and oxygen atoms in total. The zero-order valence-electron chi connectivity index (χ0n) is 12.2. The normalized spacial score (nSPS) is 32.9. The number of nitrogens with one attached hydrogen (secondary N) is 1. The molecule has 1 aliphatic carbocycles. The van der Waals surface area contributed by atoms with Crippen molar-refractivity contribution in [1.29, 1.82) is 0 Å². The Kier molecular flexibility index (Phi) is 3.83. The minimum absolute atomic E-state index is 0.294. The molecule has 3 atom stereocenters. The van der Waals surface area contributed by atoms with Gasteiger partial charge in [-0.25, -0.2) is 0 Å². The van der Waals surface area contributed by atoms with E-state index < -0.39 is 5.60 Å². The van der Waals surface area contributed by atoms with E-state index in [1.165, 1.54) is 12.0 Å². The Bertz CT molecular complexity index is 540. The van der Waals surface area contributed by atoms with E-state index in [9.17, 15) is 5.11 Å². The number of aryl methyl sites for hydroxylation is 1. The van der Waals surface area contributed by atoms with Crippen LogP contribution in [0.15, 0.2) is 24.3 Å². The third-order valence-electron chi connectivity index (χ3n) is 4.71. The fourth-order valence-electron chi connectivity index (χ4n) is 3.66. The van der Waals surface area contributed by atoms with Crippen molar-refractivity contribution in [2.45, 2.75) is 50.7 Å². The van der Waals surface area contributed by atoms with E-state index >= 15 is 0 Å². The quantitative estimate of drug-likeness (QED) is 0.710. The average molecular weight is 269 g/mol. The fraction of sp³-hybridized carbons (Fsp3) is 0.556. The van der Waals surface area contributed by atoms with Gasteiger partial charge in [-0.15, -0.1) is 0 Å². The first-order chi connectivity index (χ1) is 9.67. The Labute approximate surface area is 121 Å². The van der Waals surface area contributed by atoms with Gasteiger partial charge in [-0.3, -0.25) is 0 Å². The zero-order chi connectivity index (χ0) is 14.0. The van der Waals surface area contributed by atoms with Crippen molar-refractivity contribution in [3.63, 3.8) is 0 Å². The van der Waals surface area contributed by atoms with Gasteiger partial charge >= 0.3 is 0 Å². The van der Waals surface area contributed by atoms with Crippen LogP contribution in [0, 0.1) is 24.7 Å². The van der Waals surface area contributed by atoms with Gasteiger partial charge in [0.15, 0.2) is 0 Å². The number of hydrogen-bond donors (Lipinski definition) is 2. The summed E-state index contributed by atoms with van der Waals surface area (Å²) in [5.74, 6) is 6.70. The van der Waals surface area contributed by atoms with Gasteiger partial charge in [-0.05, 0) is 63.3 Å². The van der Waals surface area contributed by atoms with Crippen molar-refractivity contribution in [2.24, 2.45) is 5.92 Å². The van der Waals surface area contributed by atoms with Crippen molar-refractivity contribution in [3.05, 3.63) is 35.4 Å². The van der Waals surface area contributed by atoms with Crippen LogP contribution in [0.4, 0.5) is 0 Å². The predicted molar refractivity (Wildman–Crippen MR) is 81.4 cm³/mol. The monoisotopic (exact) mass is 269 g/mol. The van der Waals surface area contributed by atoms with Crippen molar-refractivity contribution in [1.82, 2.24) is 5.32 Å². The average Bonchev–Trinajstić information content (AvgIpc) is 2.46. The van der Waals surface area contributed by atoms with Gasteiger partial charge in [-0.2, -0.15) is 0 Å². The van der Waals surface area contributed by atoms with E-state index in [0.717, 1.165) is 37.8 Å². The van der Waals surface area contributed by atoms with Crippen molar-refractivity contribution in [3.8, 4) is 11.8 Å². The van der Waals surface area contributed by atoms with Gasteiger partial charge in [-0.1, -0.05) is 24.0 Å². The summed E-state index contributed by atoms with van der Waals surface area (Å²) in [7, 11) is 0. The minimum atomic E-state index is -0.805. The Morgan fingerprint density at radius 2 is 2.20 bits per heavy atom. The van der Waals surface area contributed by atoms with E-state index in [-0.39, 0.29) is 0 Å². The lowest BCUT2D eigenvalue weighted by atomic mass is 9.69. The second kappa shape index (κ2) is 5.60. The molecule has 2 fully saturated rings. The molecule has 1 aliphatic heterocycles. The molecule has 2 heteroatoms. The molecule has 1 saturated carbocycles. The summed E-state index contributed by atoms with van der Waals surface area (Å²) in [6.45, 7) is 3.16. The summed E-state index contributed by atoms with van der Waals surface area (Å²) in [6.07, 6.45) is 5.30. The molecule has 1 heterocycles. The van der Waals surface area contributed by atoms with Crippen LogP contribution in [-0.4, -0.2) is 23.3 Å². The molecule has 1 aromatic rings. The molecule has 2 N–H and O–H groups in total. The van der Waals surface area contributed by atoms with E-state index in [1.54, 1.807) is 0 Å². The first-order valence-corrected chi connectivity index (χ1v) is 7.73. The summed E-state index contributed by atoms with van der Waals surface area (Å²) < 4.78 is 0. The van der Waals surface area contributed by atoms with Crippen LogP contribution >= 0.6 is 0 Å². The third-order valence-corrected chi connectivity index (χ3v) is 4.71. The maximum absolute atomic E-state index is 11.0. The molecular weight excluding hydrogens is 246 g/mol. The highest BCUT2D eigenvalue weighted by molar-refractivity contribution is 5.39. The van der Waals surface area contributed by atoms with Crippen LogP contribution in [0.3, 0.4) is 0 Å². The smallest absolute Gasteiger partial charge is 0.130 e. The van der Waals surface area contributed by atoms with E-state index in [2.05, 4.69) is 36.2 Å². The van der Waals surface area contributed by atoms with Crippen molar-refractivity contribution < 1.29 is 5.11 Å². The third kappa shape index (κ3) is 2.75. The first-order valence-electron chi connectivity index (χ1n) is 7.73. The van der Waals surface area contributed by atoms with Gasteiger partial charge in [0.25, 0.3) is 0 Å². The number of rotatable bonds is 0. The Morgan fingerprint density at radius 3 is 3.05 bits per heavy atom. The summed E-state index contributed by atoms with van der Waals surface area (Å²) in [5.41, 5.74) is 1.41. The predicted octanol–water partition coefficient (Wildman–Crippen LogP) is 2.63. The Balaban J connectivity index is 1.84. The van der Waals surface area contributed by atoms with Crippen molar-refractivity contribution in [2.75, 3.05) is 6.54 Å². The second-order valence-electron chi connectivity index (χ2n) is 6.25. The lowest BCUT2D eigenvalue weighted by molar-refractivity contribution is -0.0265. The second-order valence-corrected chi connectivity index (χ2v) is 6.25. The summed E-state index contributed by atoms with van der Waals surface area (Å²) in [5, 5.41) is 14.5. The Morgan fingerprint density at radius 1 is 1.30 bits per heavy atom. The van der Waals surface area contributed by atoms with Gasteiger partial charge in [0, 0.05) is 17.5 Å². The standard InChI is InChI=1S/C18H23NO/c1-14-5-2-6-15(13-14)9-11-18(20)10-3-8-17-16(18)7-4-12-19-17/h2,5-6,13,16-17,19-20H,3-4,7-8,10,12H2,1H3. The number of hydrogen-bond acceptors (Lipinski definition) is 2. The SMILES string of the molecule is Cc1cccc(C#CC2(O)CCCC3NCCCC32)c1. The summed E-state index contributed by atoms with van der Waals surface area (Å²) >= 11 is 0. The summed E-state index contributed by atoms with van der Waals surface area (Å²) in [6, 6.07) is 8.64. The molecular formula is C18H23NO. The molecule has 1 saturated heterocycles. The lowest BCUT2D eigenvalue weighted by Crippen LogP contribution is -2.54. The number of benzene rings is 1. The number of piperidine rings is 1. The molecule has 0 spiro atoms. The van der Waals surface area contributed by atoms with Gasteiger partial charge < -0.3 is 10.4 Å². The molecule has 1 aromatic carbocycles. The Hall–Kier alpha value is -1.30. The topological polar surface area (TPSA) is 32.3 Å². The largest absolute Gasteiger partial charge is 0.377 e. The van der Waals surface area contributed by atoms with Crippen LogP contribution in [0.2, 0.25) is 0 Å². The van der Waals surface area contributed by atoms with Gasteiger partial charge in [0.2, 0.25) is 0 Å². The minimum Gasteiger partial charge on any atom is -0.377 e. The van der Waals surface area contributed by atoms with Crippen LogP contribution in [0.5, 0.6) is 0 Å².